The van der Waals surface area contributed by atoms with Crippen molar-refractivity contribution < 1.29 is 32.6 Å². The highest BCUT2D eigenvalue weighted by Crippen LogP contribution is 2.27. The summed E-state index contributed by atoms with van der Waals surface area (Å²) >= 11 is 0. The Hall–Kier alpha value is -3.16. The minimum atomic E-state index is -1.25. The first kappa shape index (κ1) is 19.2. The van der Waals surface area contributed by atoms with Gasteiger partial charge in [-0.25, -0.2) is 13.6 Å². The molecule has 0 aliphatic rings. The maximum absolute atomic E-state index is 13.5. The van der Waals surface area contributed by atoms with Crippen molar-refractivity contribution in [2.75, 3.05) is 20.8 Å². The maximum atomic E-state index is 13.5. The smallest absolute Gasteiger partial charge is 0.344 e. The van der Waals surface area contributed by atoms with Crippen molar-refractivity contribution in [3.8, 4) is 11.5 Å². The predicted octanol–water partition coefficient (Wildman–Crippen LogP) is 2.46. The molecule has 0 heterocycles. The molecule has 8 heteroatoms. The van der Waals surface area contributed by atoms with Gasteiger partial charge in [-0.05, 0) is 29.8 Å². The molecule has 0 radical (unpaired) electrons. The van der Waals surface area contributed by atoms with Crippen molar-refractivity contribution in [2.24, 2.45) is 0 Å². The zero-order valence-corrected chi connectivity index (χ0v) is 14.2. The van der Waals surface area contributed by atoms with Crippen LogP contribution in [0, 0.1) is 11.6 Å². The van der Waals surface area contributed by atoms with E-state index in [-0.39, 0.29) is 6.54 Å². The molecule has 0 aliphatic carbocycles. The topological polar surface area (TPSA) is 73.9 Å². The van der Waals surface area contributed by atoms with E-state index in [1.165, 1.54) is 14.2 Å². The number of benzene rings is 2. The highest BCUT2D eigenvalue weighted by molar-refractivity contribution is 5.91. The van der Waals surface area contributed by atoms with Gasteiger partial charge in [-0.15, -0.1) is 0 Å². The van der Waals surface area contributed by atoms with Crippen LogP contribution in [0.3, 0.4) is 0 Å². The van der Waals surface area contributed by atoms with Gasteiger partial charge in [0.1, 0.15) is 17.2 Å². The first-order valence-corrected chi connectivity index (χ1v) is 7.55. The van der Waals surface area contributed by atoms with Crippen LogP contribution in [0.2, 0.25) is 0 Å². The van der Waals surface area contributed by atoms with Gasteiger partial charge in [0.15, 0.2) is 18.1 Å². The Kier molecular flexibility index (Phi) is 6.48. The van der Waals surface area contributed by atoms with Gasteiger partial charge in [0, 0.05) is 6.54 Å². The molecule has 0 aliphatic heterocycles. The molecular formula is C18H17F2NO5. The monoisotopic (exact) mass is 365 g/mol. The van der Waals surface area contributed by atoms with E-state index in [2.05, 4.69) is 10.1 Å². The molecule has 0 fully saturated rings. The summed E-state index contributed by atoms with van der Waals surface area (Å²) in [4.78, 5) is 23.5. The van der Waals surface area contributed by atoms with Crippen LogP contribution in [0.15, 0.2) is 36.4 Å². The molecule has 0 saturated carbocycles. The van der Waals surface area contributed by atoms with E-state index in [1.807, 2.05) is 0 Å². The lowest BCUT2D eigenvalue weighted by Crippen LogP contribution is -2.28. The van der Waals surface area contributed by atoms with Crippen LogP contribution >= 0.6 is 0 Å². The van der Waals surface area contributed by atoms with E-state index in [0.29, 0.717) is 11.5 Å². The maximum Gasteiger partial charge on any atom is 0.344 e. The molecular weight excluding hydrogens is 348 g/mol. The second kappa shape index (κ2) is 8.80. The number of ether oxygens (including phenoxy) is 3. The molecule has 1 N–H and O–H groups in total. The van der Waals surface area contributed by atoms with Crippen molar-refractivity contribution in [1.82, 2.24) is 5.32 Å². The fourth-order valence-electron chi connectivity index (χ4n) is 2.14. The van der Waals surface area contributed by atoms with Crippen LogP contribution in [-0.4, -0.2) is 32.7 Å². The van der Waals surface area contributed by atoms with Crippen LogP contribution in [0.5, 0.6) is 11.5 Å². The van der Waals surface area contributed by atoms with Crippen LogP contribution in [0.4, 0.5) is 8.78 Å². The molecule has 2 rings (SSSR count). The largest absolute Gasteiger partial charge is 0.493 e. The summed E-state index contributed by atoms with van der Waals surface area (Å²) in [5.41, 5.74) is -0.109. The second-order valence-electron chi connectivity index (χ2n) is 5.14. The van der Waals surface area contributed by atoms with Crippen molar-refractivity contribution in [3.05, 3.63) is 59.2 Å². The molecule has 0 atom stereocenters. The Bertz CT molecular complexity index is 790. The predicted molar refractivity (Wildman–Crippen MR) is 88.0 cm³/mol. The van der Waals surface area contributed by atoms with Gasteiger partial charge in [-0.1, -0.05) is 12.1 Å². The number of rotatable bonds is 7. The molecule has 138 valence electrons. The number of hydrogen-bond donors (Lipinski definition) is 1. The number of methoxy groups -OCH3 is 2. The Morgan fingerprint density at radius 1 is 1.00 bits per heavy atom. The highest BCUT2D eigenvalue weighted by Gasteiger charge is 2.19. The van der Waals surface area contributed by atoms with Gasteiger partial charge in [-0.3, -0.25) is 4.79 Å². The van der Waals surface area contributed by atoms with E-state index in [1.54, 1.807) is 18.2 Å². The first-order chi connectivity index (χ1) is 12.5. The Morgan fingerprint density at radius 2 is 1.65 bits per heavy atom. The summed E-state index contributed by atoms with van der Waals surface area (Å²) < 4.78 is 41.8. The summed E-state index contributed by atoms with van der Waals surface area (Å²) in [6.45, 7) is -0.523. The zero-order valence-electron chi connectivity index (χ0n) is 14.2. The molecule has 0 unspecified atom stereocenters. The fraction of sp³-hybridized carbons (Fsp3) is 0.222. The van der Waals surface area contributed by atoms with Crippen molar-refractivity contribution in [1.29, 1.82) is 0 Å². The zero-order chi connectivity index (χ0) is 19.1. The summed E-state index contributed by atoms with van der Waals surface area (Å²) in [6.07, 6.45) is 0. The quantitative estimate of drug-likeness (QED) is 0.763. The van der Waals surface area contributed by atoms with E-state index in [0.717, 1.165) is 23.8 Å². The molecule has 26 heavy (non-hydrogen) atoms. The summed E-state index contributed by atoms with van der Waals surface area (Å²) in [7, 11) is 2.99. The summed E-state index contributed by atoms with van der Waals surface area (Å²) in [5, 5.41) is 2.52. The van der Waals surface area contributed by atoms with E-state index in [9.17, 15) is 18.4 Å². The molecule has 2 aromatic carbocycles. The molecule has 0 aromatic heterocycles. The average Bonchev–Trinajstić information content (AvgIpc) is 2.64. The average molecular weight is 365 g/mol. The second-order valence-corrected chi connectivity index (χ2v) is 5.14. The van der Waals surface area contributed by atoms with Gasteiger partial charge < -0.3 is 19.5 Å². The minimum absolute atomic E-state index is 0.144. The molecule has 0 saturated heterocycles. The molecule has 0 spiro atoms. The van der Waals surface area contributed by atoms with Crippen molar-refractivity contribution in [2.45, 2.75) is 6.54 Å². The van der Waals surface area contributed by atoms with E-state index >= 15 is 0 Å². The highest BCUT2D eigenvalue weighted by atomic mass is 19.1. The Balaban J connectivity index is 1.88. The minimum Gasteiger partial charge on any atom is -0.493 e. The van der Waals surface area contributed by atoms with Gasteiger partial charge >= 0.3 is 5.97 Å². The lowest BCUT2D eigenvalue weighted by molar-refractivity contribution is -0.124. The van der Waals surface area contributed by atoms with Gasteiger partial charge in [0.2, 0.25) is 0 Å². The Labute approximate surface area is 148 Å². The van der Waals surface area contributed by atoms with Crippen LogP contribution in [0.1, 0.15) is 15.9 Å². The number of amides is 1. The molecule has 2 aromatic rings. The number of hydrogen-bond acceptors (Lipinski definition) is 5. The molecule has 0 bridgehead atoms. The fourth-order valence-corrected chi connectivity index (χ4v) is 2.14. The third-order valence-corrected chi connectivity index (χ3v) is 3.44. The number of carbonyl (C=O) groups excluding carboxylic acids is 2. The van der Waals surface area contributed by atoms with E-state index < -0.39 is 35.7 Å². The number of esters is 1. The van der Waals surface area contributed by atoms with Crippen molar-refractivity contribution >= 4 is 11.9 Å². The van der Waals surface area contributed by atoms with Gasteiger partial charge in [0.05, 0.1) is 14.2 Å². The van der Waals surface area contributed by atoms with Crippen LogP contribution in [-0.2, 0) is 16.1 Å². The van der Waals surface area contributed by atoms with E-state index in [4.69, 9.17) is 9.47 Å². The van der Waals surface area contributed by atoms with Crippen LogP contribution in [0.25, 0.3) is 0 Å². The molecule has 1 amide bonds. The SMILES string of the molecule is COc1ccc(CNC(=O)COC(=O)c2c(F)cccc2F)cc1OC. The Morgan fingerprint density at radius 3 is 2.27 bits per heavy atom. The lowest BCUT2D eigenvalue weighted by Gasteiger charge is -2.11. The van der Waals surface area contributed by atoms with Crippen LogP contribution < -0.4 is 14.8 Å². The normalized spacial score (nSPS) is 10.2. The molecule has 6 nitrogen and oxygen atoms in total. The van der Waals surface area contributed by atoms with Gasteiger partial charge in [0.25, 0.3) is 5.91 Å². The number of nitrogens with one attached hydrogen (secondary N) is 1. The standard InChI is InChI=1S/C18H17F2NO5/c1-24-14-7-6-11(8-15(14)25-2)9-21-16(22)10-26-18(23)17-12(19)4-3-5-13(17)20/h3-8H,9-10H2,1-2H3,(H,21,22). The lowest BCUT2D eigenvalue weighted by atomic mass is 10.2. The van der Waals surface area contributed by atoms with Gasteiger partial charge in [-0.2, -0.15) is 0 Å². The third-order valence-electron chi connectivity index (χ3n) is 3.44. The number of carbonyl (C=O) groups is 2. The summed E-state index contributed by atoms with van der Waals surface area (Å²) in [5.74, 6) is -2.93. The third kappa shape index (κ3) is 4.69. The van der Waals surface area contributed by atoms with Crippen molar-refractivity contribution in [3.63, 3.8) is 0 Å². The first-order valence-electron chi connectivity index (χ1n) is 7.55. The number of halogens is 2. The summed E-state index contributed by atoms with van der Waals surface area (Å²) in [6, 6.07) is 8.06.